The Labute approximate surface area is 123 Å². The topological polar surface area (TPSA) is 63.9 Å². The van der Waals surface area contributed by atoms with Crippen molar-refractivity contribution in [2.24, 2.45) is 7.05 Å². The minimum Gasteiger partial charge on any atom is -0.347 e. The minimum absolute atomic E-state index is 0. The highest BCUT2D eigenvalue weighted by Gasteiger charge is 2.14. The van der Waals surface area contributed by atoms with E-state index in [0.29, 0.717) is 12.2 Å². The van der Waals surface area contributed by atoms with Crippen molar-refractivity contribution in [2.75, 3.05) is 6.54 Å². The average molecular weight is 296 g/mol. The average Bonchev–Trinajstić information content (AvgIpc) is 3.02. The zero-order valence-corrected chi connectivity index (χ0v) is 12.1. The summed E-state index contributed by atoms with van der Waals surface area (Å²) in [4.78, 5) is 16.4. The number of amides is 1. The zero-order valence-electron chi connectivity index (χ0n) is 11.3. The van der Waals surface area contributed by atoms with Crippen LogP contribution in [0.2, 0.25) is 0 Å². The Morgan fingerprint density at radius 3 is 3.15 bits per heavy atom. The summed E-state index contributed by atoms with van der Waals surface area (Å²) in [6, 6.07) is 3.67. The molecule has 2 aromatic heterocycles. The quantitative estimate of drug-likeness (QED) is 0.875. The molecule has 0 fully saturated rings. The van der Waals surface area contributed by atoms with Crippen molar-refractivity contribution in [3.8, 4) is 0 Å². The van der Waals surface area contributed by atoms with E-state index in [1.54, 1.807) is 0 Å². The molecule has 0 aliphatic carbocycles. The summed E-state index contributed by atoms with van der Waals surface area (Å²) >= 11 is 0. The van der Waals surface area contributed by atoms with Gasteiger partial charge in [-0.2, -0.15) is 0 Å². The van der Waals surface area contributed by atoms with Crippen molar-refractivity contribution in [3.05, 3.63) is 41.7 Å². The Morgan fingerprint density at radius 1 is 1.55 bits per heavy atom. The van der Waals surface area contributed by atoms with Crippen LogP contribution < -0.4 is 10.6 Å². The van der Waals surface area contributed by atoms with E-state index in [1.807, 2.05) is 36.1 Å². The largest absolute Gasteiger partial charge is 0.347 e. The van der Waals surface area contributed by atoms with Crippen molar-refractivity contribution in [1.29, 1.82) is 0 Å². The first-order valence-electron chi connectivity index (χ1n) is 6.39. The van der Waals surface area contributed by atoms with Crippen LogP contribution in [0.1, 0.15) is 22.0 Å². The molecule has 2 N–H and O–H groups in total. The molecule has 0 bridgehead atoms. The molecule has 0 radical (unpaired) electrons. The van der Waals surface area contributed by atoms with Crippen LogP contribution >= 0.6 is 12.4 Å². The molecule has 1 amide bonds. The molecule has 20 heavy (non-hydrogen) atoms. The van der Waals surface area contributed by atoms with Crippen molar-refractivity contribution in [2.45, 2.75) is 19.6 Å². The molecule has 0 saturated heterocycles. The Bertz CT molecular complexity index is 604. The Hall–Kier alpha value is -1.79. The van der Waals surface area contributed by atoms with Crippen molar-refractivity contribution in [1.82, 2.24) is 24.8 Å². The number of aromatic nitrogens is 3. The van der Waals surface area contributed by atoms with Gasteiger partial charge >= 0.3 is 0 Å². The number of imidazole rings is 1. The lowest BCUT2D eigenvalue weighted by atomic mass is 10.3. The lowest BCUT2D eigenvalue weighted by Gasteiger charge is -2.17. The Balaban J connectivity index is 0.00000147. The molecular formula is C13H18ClN5O. The van der Waals surface area contributed by atoms with E-state index in [-0.39, 0.29) is 18.3 Å². The summed E-state index contributed by atoms with van der Waals surface area (Å²) in [6.45, 7) is 3.16. The van der Waals surface area contributed by atoms with Crippen LogP contribution in [0.5, 0.6) is 0 Å². The smallest absolute Gasteiger partial charge is 0.268 e. The van der Waals surface area contributed by atoms with Gasteiger partial charge in [-0.25, -0.2) is 4.98 Å². The molecule has 0 spiro atoms. The van der Waals surface area contributed by atoms with Gasteiger partial charge in [0.05, 0.1) is 25.0 Å². The first kappa shape index (κ1) is 14.6. The lowest BCUT2D eigenvalue weighted by Crippen LogP contribution is -2.31. The highest BCUT2D eigenvalue weighted by atomic mass is 35.5. The van der Waals surface area contributed by atoms with Crippen LogP contribution in [-0.4, -0.2) is 26.6 Å². The highest BCUT2D eigenvalue weighted by molar-refractivity contribution is 5.92. The highest BCUT2D eigenvalue weighted by Crippen LogP contribution is 2.09. The Kier molecular flexibility index (Phi) is 4.46. The maximum atomic E-state index is 12.0. The number of carbonyl (C=O) groups excluding carboxylic acids is 1. The summed E-state index contributed by atoms with van der Waals surface area (Å²) in [6.07, 6.45) is 3.70. The molecule has 0 unspecified atom stereocenters. The number of carbonyl (C=O) groups is 1. The SMILES string of the molecule is Cl.Cn1cccc1C(=O)NCc1cnc2n1CCNC2. The second kappa shape index (κ2) is 6.11. The standard InChI is InChI=1S/C13H17N5O.ClH/c1-17-5-2-3-11(17)13(19)16-8-10-7-15-12-9-14-4-6-18(10)12;/h2-3,5,7,14H,4,6,8-9H2,1H3,(H,16,19);1H. The van der Waals surface area contributed by atoms with Gasteiger partial charge in [0, 0.05) is 26.3 Å². The number of nitrogens with one attached hydrogen (secondary N) is 2. The molecule has 1 aliphatic rings. The summed E-state index contributed by atoms with van der Waals surface area (Å²) in [5.41, 5.74) is 1.72. The summed E-state index contributed by atoms with van der Waals surface area (Å²) in [5, 5.41) is 6.21. The molecule has 7 heteroatoms. The third-order valence-electron chi connectivity index (χ3n) is 3.42. The molecule has 0 atom stereocenters. The maximum absolute atomic E-state index is 12.0. The number of nitrogens with zero attached hydrogens (tertiary/aromatic N) is 3. The fourth-order valence-electron chi connectivity index (χ4n) is 2.36. The second-order valence-corrected chi connectivity index (χ2v) is 4.68. The van der Waals surface area contributed by atoms with Crippen molar-refractivity contribution in [3.63, 3.8) is 0 Å². The van der Waals surface area contributed by atoms with Crippen LogP contribution in [0.3, 0.4) is 0 Å². The van der Waals surface area contributed by atoms with Gasteiger partial charge in [0.1, 0.15) is 11.5 Å². The molecule has 3 rings (SSSR count). The van der Waals surface area contributed by atoms with Gasteiger partial charge in [-0.3, -0.25) is 4.79 Å². The van der Waals surface area contributed by atoms with E-state index in [9.17, 15) is 4.79 Å². The van der Waals surface area contributed by atoms with E-state index in [4.69, 9.17) is 0 Å². The predicted molar refractivity (Wildman–Crippen MR) is 77.8 cm³/mol. The lowest BCUT2D eigenvalue weighted by molar-refractivity contribution is 0.0942. The monoisotopic (exact) mass is 295 g/mol. The fourth-order valence-corrected chi connectivity index (χ4v) is 2.36. The third kappa shape index (κ3) is 2.71. The van der Waals surface area contributed by atoms with E-state index >= 15 is 0 Å². The molecule has 6 nitrogen and oxygen atoms in total. The van der Waals surface area contributed by atoms with E-state index in [2.05, 4.69) is 20.2 Å². The van der Waals surface area contributed by atoms with Crippen LogP contribution in [-0.2, 0) is 26.7 Å². The minimum atomic E-state index is -0.0583. The Morgan fingerprint density at radius 2 is 2.40 bits per heavy atom. The maximum Gasteiger partial charge on any atom is 0.268 e. The number of aryl methyl sites for hydroxylation is 1. The first-order valence-corrected chi connectivity index (χ1v) is 6.39. The number of rotatable bonds is 3. The number of hydrogen-bond acceptors (Lipinski definition) is 3. The molecule has 2 aromatic rings. The molecule has 108 valence electrons. The van der Waals surface area contributed by atoms with Gasteiger partial charge in [0.2, 0.25) is 0 Å². The van der Waals surface area contributed by atoms with E-state index < -0.39 is 0 Å². The van der Waals surface area contributed by atoms with Crippen LogP contribution in [0.25, 0.3) is 0 Å². The fraction of sp³-hybridized carbons (Fsp3) is 0.385. The first-order chi connectivity index (χ1) is 9.25. The van der Waals surface area contributed by atoms with Crippen molar-refractivity contribution < 1.29 is 4.79 Å². The second-order valence-electron chi connectivity index (χ2n) is 4.68. The normalized spacial score (nSPS) is 13.4. The molecular weight excluding hydrogens is 278 g/mol. The van der Waals surface area contributed by atoms with E-state index in [0.717, 1.165) is 31.2 Å². The molecule has 0 saturated carbocycles. The van der Waals surface area contributed by atoms with Gasteiger partial charge in [0.15, 0.2) is 0 Å². The van der Waals surface area contributed by atoms with Gasteiger partial charge in [-0.05, 0) is 12.1 Å². The van der Waals surface area contributed by atoms with Gasteiger partial charge in [-0.1, -0.05) is 0 Å². The predicted octanol–water partition coefficient (Wildman–Crippen LogP) is 0.677. The van der Waals surface area contributed by atoms with Crippen LogP contribution in [0.4, 0.5) is 0 Å². The van der Waals surface area contributed by atoms with Crippen LogP contribution in [0, 0.1) is 0 Å². The number of fused-ring (bicyclic) bond motifs is 1. The summed E-state index contributed by atoms with van der Waals surface area (Å²) in [5.74, 6) is 0.978. The van der Waals surface area contributed by atoms with Gasteiger partial charge in [0.25, 0.3) is 5.91 Å². The van der Waals surface area contributed by atoms with Crippen LogP contribution in [0.15, 0.2) is 24.5 Å². The van der Waals surface area contributed by atoms with Crippen molar-refractivity contribution >= 4 is 18.3 Å². The third-order valence-corrected chi connectivity index (χ3v) is 3.42. The molecule has 3 heterocycles. The van der Waals surface area contributed by atoms with Gasteiger partial charge in [-0.15, -0.1) is 12.4 Å². The number of hydrogen-bond donors (Lipinski definition) is 2. The molecule has 0 aromatic carbocycles. The van der Waals surface area contributed by atoms with Gasteiger partial charge < -0.3 is 19.8 Å². The summed E-state index contributed by atoms with van der Waals surface area (Å²) in [7, 11) is 1.86. The van der Waals surface area contributed by atoms with E-state index in [1.165, 1.54) is 0 Å². The summed E-state index contributed by atoms with van der Waals surface area (Å²) < 4.78 is 3.98. The number of halogens is 1. The molecule has 1 aliphatic heterocycles. The zero-order chi connectivity index (χ0) is 13.2.